The molecule has 0 saturated carbocycles. The Morgan fingerprint density at radius 1 is 0.925 bits per heavy atom. The number of carboxylic acid groups (broad SMARTS) is 2. The highest BCUT2D eigenvalue weighted by Crippen LogP contribution is 2.41. The normalized spacial score (nSPS) is 17.5. The van der Waals surface area contributed by atoms with E-state index in [0.717, 1.165) is 49.7 Å². The van der Waals surface area contributed by atoms with Crippen molar-refractivity contribution in [2.24, 2.45) is 5.41 Å². The molecule has 224 valence electrons. The van der Waals surface area contributed by atoms with E-state index in [1.807, 2.05) is 19.9 Å². The minimum Gasteiger partial charge on any atom is -0.475 e. The monoisotopic (exact) mass is 585 g/mol. The van der Waals surface area contributed by atoms with Gasteiger partial charge < -0.3 is 14.7 Å². The van der Waals surface area contributed by atoms with Crippen LogP contribution >= 0.6 is 0 Å². The average Bonchev–Trinajstić information content (AvgIpc) is 3.38. The number of nitrogens with zero attached hydrogens (tertiary/aromatic N) is 3. The zero-order valence-electron chi connectivity index (χ0n) is 21.8. The Labute approximate surface area is 225 Å². The molecule has 2 aromatic rings. The maximum Gasteiger partial charge on any atom is 0.490 e. The van der Waals surface area contributed by atoms with Crippen LogP contribution in [0.4, 0.5) is 30.7 Å². The quantitative estimate of drug-likeness (QED) is 0.473. The first kappa shape index (κ1) is 33.0. The molecular formula is C25H30F7N3O5. The second-order valence-corrected chi connectivity index (χ2v) is 9.78. The standard InChI is InChI=1S/C21H28FN3O.2C2HF3O2/c1-16-20(17(2)26-23-16)14-25-11-8-21(15-25)6-9-24(10-7-21)13-18-4-3-5-19(22)12-18;2*3-2(4,5)1(6)7/h3-5,12H,6-11,13-15H2,1-2H3;2*(H,6,7). The van der Waals surface area contributed by atoms with Gasteiger partial charge in [-0.1, -0.05) is 17.3 Å². The minimum absolute atomic E-state index is 0.137. The van der Waals surface area contributed by atoms with Crippen LogP contribution in [0.25, 0.3) is 0 Å². The van der Waals surface area contributed by atoms with Crippen molar-refractivity contribution in [3.63, 3.8) is 0 Å². The third kappa shape index (κ3) is 10.1. The Hall–Kier alpha value is -3.20. The van der Waals surface area contributed by atoms with Crippen LogP contribution in [0.15, 0.2) is 28.8 Å². The van der Waals surface area contributed by atoms with E-state index in [2.05, 4.69) is 15.0 Å². The van der Waals surface area contributed by atoms with Crippen LogP contribution < -0.4 is 0 Å². The molecular weight excluding hydrogens is 555 g/mol. The van der Waals surface area contributed by atoms with E-state index in [0.29, 0.717) is 5.41 Å². The molecule has 0 atom stereocenters. The molecule has 0 unspecified atom stereocenters. The van der Waals surface area contributed by atoms with Crippen LogP contribution in [0, 0.1) is 25.1 Å². The lowest BCUT2D eigenvalue weighted by Crippen LogP contribution is -2.41. The Kier molecular flexibility index (Phi) is 11.1. The molecule has 2 saturated heterocycles. The van der Waals surface area contributed by atoms with Crippen molar-refractivity contribution in [1.29, 1.82) is 0 Å². The number of halogens is 7. The molecule has 15 heteroatoms. The molecule has 3 heterocycles. The Morgan fingerprint density at radius 2 is 1.43 bits per heavy atom. The van der Waals surface area contributed by atoms with Gasteiger partial charge in [0.15, 0.2) is 0 Å². The summed E-state index contributed by atoms with van der Waals surface area (Å²) in [6.45, 7) is 10.4. The first-order valence-electron chi connectivity index (χ1n) is 12.1. The van der Waals surface area contributed by atoms with Crippen LogP contribution in [0.2, 0.25) is 0 Å². The summed E-state index contributed by atoms with van der Waals surface area (Å²) in [7, 11) is 0. The van der Waals surface area contributed by atoms with Crippen molar-refractivity contribution in [2.75, 3.05) is 26.2 Å². The van der Waals surface area contributed by atoms with Gasteiger partial charge in [0, 0.05) is 25.2 Å². The molecule has 2 aliphatic rings. The molecule has 40 heavy (non-hydrogen) atoms. The molecule has 1 spiro atoms. The Morgan fingerprint density at radius 3 is 1.85 bits per heavy atom. The summed E-state index contributed by atoms with van der Waals surface area (Å²) in [5.41, 5.74) is 3.81. The maximum absolute atomic E-state index is 13.4. The lowest BCUT2D eigenvalue weighted by atomic mass is 9.77. The molecule has 8 nitrogen and oxygen atoms in total. The van der Waals surface area contributed by atoms with Crippen LogP contribution in [0.1, 0.15) is 41.8 Å². The van der Waals surface area contributed by atoms with Gasteiger partial charge in [-0.05, 0) is 75.9 Å². The molecule has 0 radical (unpaired) electrons. The fraction of sp³-hybridized carbons (Fsp3) is 0.560. The van der Waals surface area contributed by atoms with Gasteiger partial charge in [-0.25, -0.2) is 14.0 Å². The zero-order chi connectivity index (χ0) is 30.3. The topological polar surface area (TPSA) is 107 Å². The predicted octanol–water partition coefficient (Wildman–Crippen LogP) is 5.19. The van der Waals surface area contributed by atoms with Gasteiger partial charge in [0.1, 0.15) is 11.6 Å². The van der Waals surface area contributed by atoms with E-state index in [1.165, 1.54) is 37.4 Å². The van der Waals surface area contributed by atoms with Crippen LogP contribution in [0.5, 0.6) is 0 Å². The number of alkyl halides is 6. The van der Waals surface area contributed by atoms with Crippen molar-refractivity contribution in [3.05, 3.63) is 52.7 Å². The number of aromatic nitrogens is 1. The highest BCUT2D eigenvalue weighted by molar-refractivity contribution is 5.73. The number of rotatable bonds is 4. The average molecular weight is 586 g/mol. The van der Waals surface area contributed by atoms with E-state index in [4.69, 9.17) is 24.3 Å². The van der Waals surface area contributed by atoms with Crippen LogP contribution in [-0.4, -0.2) is 75.6 Å². The zero-order valence-corrected chi connectivity index (χ0v) is 21.8. The van der Waals surface area contributed by atoms with Crippen LogP contribution in [0.3, 0.4) is 0 Å². The first-order chi connectivity index (χ1) is 18.4. The van der Waals surface area contributed by atoms with Crippen molar-refractivity contribution >= 4 is 11.9 Å². The second-order valence-electron chi connectivity index (χ2n) is 9.78. The first-order valence-corrected chi connectivity index (χ1v) is 12.1. The summed E-state index contributed by atoms with van der Waals surface area (Å²) in [4.78, 5) is 22.8. The maximum atomic E-state index is 13.4. The van der Waals surface area contributed by atoms with Crippen molar-refractivity contribution in [1.82, 2.24) is 15.0 Å². The summed E-state index contributed by atoms with van der Waals surface area (Å²) in [5, 5.41) is 18.3. The number of piperidine rings is 1. The van der Waals surface area contributed by atoms with E-state index >= 15 is 0 Å². The fourth-order valence-corrected chi connectivity index (χ4v) is 4.60. The Bertz CT molecular complexity index is 1100. The number of benzene rings is 1. The third-order valence-electron chi connectivity index (χ3n) is 6.78. The smallest absolute Gasteiger partial charge is 0.475 e. The van der Waals surface area contributed by atoms with Crippen molar-refractivity contribution < 1.29 is 55.1 Å². The van der Waals surface area contributed by atoms with Crippen LogP contribution in [-0.2, 0) is 22.7 Å². The summed E-state index contributed by atoms with van der Waals surface area (Å²) < 4.78 is 82.2. The van der Waals surface area contributed by atoms with E-state index < -0.39 is 24.3 Å². The number of carboxylic acids is 2. The lowest BCUT2D eigenvalue weighted by Gasteiger charge is -2.39. The van der Waals surface area contributed by atoms with Gasteiger partial charge in [0.2, 0.25) is 0 Å². The highest BCUT2D eigenvalue weighted by atomic mass is 19.4. The van der Waals surface area contributed by atoms with Gasteiger partial charge in [0.25, 0.3) is 0 Å². The number of likely N-dealkylation sites (tertiary alicyclic amines) is 2. The summed E-state index contributed by atoms with van der Waals surface area (Å²) in [6.07, 6.45) is -6.41. The van der Waals surface area contributed by atoms with Crippen molar-refractivity contribution in [3.8, 4) is 0 Å². The molecule has 0 bridgehead atoms. The second kappa shape index (κ2) is 13.4. The number of aryl methyl sites for hydroxylation is 2. The number of carbonyl (C=O) groups is 2. The van der Waals surface area contributed by atoms with E-state index in [9.17, 15) is 30.7 Å². The Balaban J connectivity index is 0.000000333. The van der Waals surface area contributed by atoms with E-state index in [1.54, 1.807) is 12.1 Å². The lowest BCUT2D eigenvalue weighted by molar-refractivity contribution is -0.193. The van der Waals surface area contributed by atoms with Gasteiger partial charge >= 0.3 is 24.3 Å². The molecule has 0 amide bonds. The SMILES string of the molecule is Cc1noc(C)c1CN1CCC2(CCN(Cc3cccc(F)c3)CC2)C1.O=C(O)C(F)(F)F.O=C(O)C(F)(F)F. The summed E-state index contributed by atoms with van der Waals surface area (Å²) in [6, 6.07) is 7.00. The third-order valence-corrected chi connectivity index (χ3v) is 6.78. The van der Waals surface area contributed by atoms with Gasteiger partial charge in [-0.2, -0.15) is 26.3 Å². The minimum atomic E-state index is -5.08. The molecule has 0 aliphatic carbocycles. The van der Waals surface area contributed by atoms with Crippen molar-refractivity contribution in [2.45, 2.75) is 58.6 Å². The molecule has 2 N–H and O–H groups in total. The number of hydrogen-bond acceptors (Lipinski definition) is 6. The largest absolute Gasteiger partial charge is 0.490 e. The molecule has 4 rings (SSSR count). The summed E-state index contributed by atoms with van der Waals surface area (Å²) in [5.74, 6) is -4.70. The van der Waals surface area contributed by atoms with Gasteiger partial charge in [-0.3, -0.25) is 9.80 Å². The van der Waals surface area contributed by atoms with E-state index in [-0.39, 0.29) is 5.82 Å². The number of aliphatic carboxylic acids is 2. The molecule has 2 fully saturated rings. The highest BCUT2D eigenvalue weighted by Gasteiger charge is 2.41. The number of hydrogen-bond donors (Lipinski definition) is 2. The molecule has 1 aromatic carbocycles. The molecule has 2 aliphatic heterocycles. The summed E-state index contributed by atoms with van der Waals surface area (Å²) >= 11 is 0. The molecule has 1 aromatic heterocycles. The predicted molar refractivity (Wildman–Crippen MR) is 127 cm³/mol. The van der Waals surface area contributed by atoms with Gasteiger partial charge in [0.05, 0.1) is 5.69 Å². The van der Waals surface area contributed by atoms with Gasteiger partial charge in [-0.15, -0.1) is 0 Å². The fourth-order valence-electron chi connectivity index (χ4n) is 4.60.